The lowest BCUT2D eigenvalue weighted by molar-refractivity contribution is 0.411. The number of hydrogen-bond acceptors (Lipinski definition) is 5. The molecule has 0 unspecified atom stereocenters. The van der Waals surface area contributed by atoms with E-state index in [0.29, 0.717) is 17.3 Å². The third-order valence-electron chi connectivity index (χ3n) is 2.98. The molecule has 0 saturated carbocycles. The van der Waals surface area contributed by atoms with E-state index in [9.17, 15) is 0 Å². The average Bonchev–Trinajstić information content (AvgIpc) is 2.96. The van der Waals surface area contributed by atoms with Crippen molar-refractivity contribution in [1.29, 1.82) is 0 Å². The zero-order chi connectivity index (χ0) is 14.8. The lowest BCUT2D eigenvalue weighted by atomic mass is 10.2. The third-order valence-corrected chi connectivity index (χ3v) is 3.48. The summed E-state index contributed by atoms with van der Waals surface area (Å²) in [5.41, 5.74) is 8.06. The zero-order valence-electron chi connectivity index (χ0n) is 11.2. The number of nitrogens with zero attached hydrogens (tertiary/aromatic N) is 4. The van der Waals surface area contributed by atoms with Gasteiger partial charge in [-0.15, -0.1) is 5.10 Å². The minimum Gasteiger partial charge on any atom is -0.494 e. The number of tetrazole rings is 1. The van der Waals surface area contributed by atoms with Gasteiger partial charge in [0.25, 0.3) is 0 Å². The van der Waals surface area contributed by atoms with Crippen LogP contribution in [0.5, 0.6) is 5.75 Å². The Balaban J connectivity index is 2.18. The molecule has 0 saturated heterocycles. The lowest BCUT2D eigenvalue weighted by Gasteiger charge is -2.10. The quantitative estimate of drug-likeness (QED) is 0.738. The first kappa shape index (κ1) is 13.6. The fraction of sp³-hybridized carbons (Fsp3) is 0.0714. The van der Waals surface area contributed by atoms with E-state index < -0.39 is 0 Å². The lowest BCUT2D eigenvalue weighted by Crippen LogP contribution is -2.03. The molecule has 0 aliphatic rings. The molecule has 0 spiro atoms. The monoisotopic (exact) mass is 345 g/mol. The predicted molar refractivity (Wildman–Crippen MR) is 83.3 cm³/mol. The largest absolute Gasteiger partial charge is 0.494 e. The summed E-state index contributed by atoms with van der Waals surface area (Å²) < 4.78 is 7.91. The van der Waals surface area contributed by atoms with Gasteiger partial charge in [-0.05, 0) is 40.8 Å². The van der Waals surface area contributed by atoms with Gasteiger partial charge >= 0.3 is 0 Å². The molecule has 0 atom stereocenters. The number of hydrogen-bond donors (Lipinski definition) is 1. The number of anilines is 1. The van der Waals surface area contributed by atoms with Crippen LogP contribution in [0.1, 0.15) is 0 Å². The van der Waals surface area contributed by atoms with E-state index >= 15 is 0 Å². The second-order valence-corrected chi connectivity index (χ2v) is 5.27. The van der Waals surface area contributed by atoms with Crippen LogP contribution in [0.3, 0.4) is 0 Å². The van der Waals surface area contributed by atoms with Crippen LogP contribution < -0.4 is 10.5 Å². The molecule has 3 rings (SSSR count). The smallest absolute Gasteiger partial charge is 0.187 e. The Morgan fingerprint density at radius 3 is 2.81 bits per heavy atom. The molecule has 2 aromatic carbocycles. The summed E-state index contributed by atoms with van der Waals surface area (Å²) in [6.45, 7) is 0. The predicted octanol–water partition coefficient (Wildman–Crippen LogP) is 2.68. The number of nitrogen functional groups attached to an aromatic ring is 1. The number of nitrogens with two attached hydrogens (primary N) is 1. The van der Waals surface area contributed by atoms with Crippen molar-refractivity contribution in [2.75, 3.05) is 12.8 Å². The molecule has 0 amide bonds. The molecule has 0 radical (unpaired) electrons. The van der Waals surface area contributed by atoms with Crippen molar-refractivity contribution in [3.63, 3.8) is 0 Å². The topological polar surface area (TPSA) is 78.8 Å². The van der Waals surface area contributed by atoms with Crippen molar-refractivity contribution in [3.05, 3.63) is 46.9 Å². The third kappa shape index (κ3) is 2.59. The van der Waals surface area contributed by atoms with Crippen LogP contribution in [0.15, 0.2) is 46.9 Å². The van der Waals surface area contributed by atoms with E-state index in [-0.39, 0.29) is 0 Å². The first-order chi connectivity index (χ1) is 10.2. The van der Waals surface area contributed by atoms with Gasteiger partial charge in [0.05, 0.1) is 7.11 Å². The summed E-state index contributed by atoms with van der Waals surface area (Å²) in [6, 6.07) is 13.1. The highest BCUT2D eigenvalue weighted by Crippen LogP contribution is 2.29. The van der Waals surface area contributed by atoms with Crippen LogP contribution in [-0.4, -0.2) is 27.3 Å². The Labute approximate surface area is 129 Å². The van der Waals surface area contributed by atoms with Gasteiger partial charge in [-0.2, -0.15) is 4.68 Å². The van der Waals surface area contributed by atoms with Crippen molar-refractivity contribution in [3.8, 4) is 22.8 Å². The molecular weight excluding hydrogens is 334 g/mol. The SMILES string of the molecule is COc1ccc(Br)cc1-n1nnnc1-c1cccc(N)c1. The summed E-state index contributed by atoms with van der Waals surface area (Å²) in [6.07, 6.45) is 0. The number of rotatable bonds is 3. The maximum Gasteiger partial charge on any atom is 0.187 e. The molecule has 0 bridgehead atoms. The van der Waals surface area contributed by atoms with Gasteiger partial charge in [-0.1, -0.05) is 28.1 Å². The summed E-state index contributed by atoms with van der Waals surface area (Å²) in [5.74, 6) is 1.27. The zero-order valence-corrected chi connectivity index (χ0v) is 12.8. The number of aromatic nitrogens is 4. The minimum atomic E-state index is 0.596. The number of methoxy groups -OCH3 is 1. The van der Waals surface area contributed by atoms with Gasteiger partial charge in [0.15, 0.2) is 5.82 Å². The highest BCUT2D eigenvalue weighted by atomic mass is 79.9. The highest BCUT2D eigenvalue weighted by molar-refractivity contribution is 9.10. The van der Waals surface area contributed by atoms with Gasteiger partial charge in [0.2, 0.25) is 0 Å². The second-order valence-electron chi connectivity index (χ2n) is 4.36. The molecule has 1 heterocycles. The maximum atomic E-state index is 5.82. The molecule has 0 fully saturated rings. The van der Waals surface area contributed by atoms with E-state index in [4.69, 9.17) is 10.5 Å². The average molecular weight is 346 g/mol. The van der Waals surface area contributed by atoms with Gasteiger partial charge in [-0.3, -0.25) is 0 Å². The van der Waals surface area contributed by atoms with Crippen LogP contribution in [-0.2, 0) is 0 Å². The number of ether oxygens (including phenoxy) is 1. The highest BCUT2D eigenvalue weighted by Gasteiger charge is 2.15. The fourth-order valence-electron chi connectivity index (χ4n) is 2.04. The van der Waals surface area contributed by atoms with Crippen LogP contribution in [0.4, 0.5) is 5.69 Å². The molecule has 3 aromatic rings. The van der Waals surface area contributed by atoms with E-state index in [1.165, 1.54) is 0 Å². The Bertz CT molecular complexity index is 787. The Morgan fingerprint density at radius 1 is 1.19 bits per heavy atom. The molecular formula is C14H12BrN5O. The summed E-state index contributed by atoms with van der Waals surface area (Å²) in [4.78, 5) is 0. The van der Waals surface area contributed by atoms with Crippen molar-refractivity contribution >= 4 is 21.6 Å². The summed E-state index contributed by atoms with van der Waals surface area (Å²) in [7, 11) is 1.61. The van der Waals surface area contributed by atoms with Crippen molar-refractivity contribution in [2.24, 2.45) is 0 Å². The minimum absolute atomic E-state index is 0.596. The van der Waals surface area contributed by atoms with Crippen molar-refractivity contribution in [1.82, 2.24) is 20.2 Å². The normalized spacial score (nSPS) is 10.6. The van der Waals surface area contributed by atoms with Crippen LogP contribution in [0.2, 0.25) is 0 Å². The van der Waals surface area contributed by atoms with Crippen LogP contribution >= 0.6 is 15.9 Å². The molecule has 1 aromatic heterocycles. The Kier molecular flexibility index (Phi) is 3.57. The van der Waals surface area contributed by atoms with Crippen LogP contribution in [0.25, 0.3) is 17.1 Å². The molecule has 2 N–H and O–H groups in total. The number of benzene rings is 2. The molecule has 7 heteroatoms. The first-order valence-corrected chi connectivity index (χ1v) is 6.96. The van der Waals surface area contributed by atoms with Crippen molar-refractivity contribution < 1.29 is 4.74 Å². The van der Waals surface area contributed by atoms with Crippen molar-refractivity contribution in [2.45, 2.75) is 0 Å². The summed E-state index contributed by atoms with van der Waals surface area (Å²) in [5, 5.41) is 11.9. The van der Waals surface area contributed by atoms with Gasteiger partial charge in [0, 0.05) is 15.7 Å². The van der Waals surface area contributed by atoms with Crippen LogP contribution in [0, 0.1) is 0 Å². The molecule has 0 aliphatic carbocycles. The summed E-state index contributed by atoms with van der Waals surface area (Å²) >= 11 is 3.45. The molecule has 21 heavy (non-hydrogen) atoms. The molecule has 6 nitrogen and oxygen atoms in total. The molecule has 106 valence electrons. The van der Waals surface area contributed by atoms with Gasteiger partial charge in [0.1, 0.15) is 11.4 Å². The standard InChI is InChI=1S/C14H12BrN5O/c1-21-13-6-5-10(15)8-12(13)20-14(17-18-19-20)9-3-2-4-11(16)7-9/h2-8H,16H2,1H3. The number of halogens is 1. The Hall–Kier alpha value is -2.41. The first-order valence-electron chi connectivity index (χ1n) is 6.17. The van der Waals surface area contributed by atoms with E-state index in [1.54, 1.807) is 11.8 Å². The van der Waals surface area contributed by atoms with E-state index in [1.807, 2.05) is 42.5 Å². The Morgan fingerprint density at radius 2 is 2.05 bits per heavy atom. The molecule has 0 aliphatic heterocycles. The second kappa shape index (κ2) is 5.53. The maximum absolute atomic E-state index is 5.82. The fourth-order valence-corrected chi connectivity index (χ4v) is 2.38. The van der Waals surface area contributed by atoms with Gasteiger partial charge < -0.3 is 10.5 Å². The van der Waals surface area contributed by atoms with E-state index in [2.05, 4.69) is 31.5 Å². The van der Waals surface area contributed by atoms with Gasteiger partial charge in [-0.25, -0.2) is 0 Å². The van der Waals surface area contributed by atoms with E-state index in [0.717, 1.165) is 15.7 Å².